The molecule has 1 aliphatic rings. The maximum Gasteiger partial charge on any atom is 0.0628 e. The van der Waals surface area contributed by atoms with Crippen molar-refractivity contribution in [3.8, 4) is 0 Å². The number of aliphatic hydroxyl groups excluding tert-OH is 1. The van der Waals surface area contributed by atoms with Gasteiger partial charge < -0.3 is 5.11 Å². The van der Waals surface area contributed by atoms with Crippen LogP contribution < -0.4 is 0 Å². The van der Waals surface area contributed by atoms with Gasteiger partial charge in [0.05, 0.1) is 12.6 Å². The number of rotatable bonds is 5. The molecule has 18 heavy (non-hydrogen) atoms. The van der Waals surface area contributed by atoms with Crippen LogP contribution in [0.1, 0.15) is 37.8 Å². The fourth-order valence-electron chi connectivity index (χ4n) is 3.13. The number of hydrogen-bond donors (Lipinski definition) is 1. The Bertz CT molecular complexity index is 376. The summed E-state index contributed by atoms with van der Waals surface area (Å²) in [7, 11) is 0. The van der Waals surface area contributed by atoms with E-state index in [2.05, 4.69) is 30.5 Å². The number of benzene rings is 1. The second-order valence-electron chi connectivity index (χ2n) is 5.16. The Labute approximate surface area is 110 Å². The first kappa shape index (κ1) is 13.3. The van der Waals surface area contributed by atoms with E-state index in [-0.39, 0.29) is 12.6 Å². The molecule has 1 fully saturated rings. The zero-order valence-electron chi connectivity index (χ0n) is 11.1. The average molecular weight is 245 g/mol. The zero-order valence-corrected chi connectivity index (χ0v) is 11.1. The standard InChI is InChI=1S/C16H23NO/c1-3-7-15-11-10-13(2)17(15)16(12-18)14-8-5-4-6-9-14/h3-6,8-9,13,15-16,18H,1,7,10-12H2,2H3/t13-,15+,16+/m0/s1. The number of hydrogen-bond acceptors (Lipinski definition) is 2. The van der Waals surface area contributed by atoms with E-state index >= 15 is 0 Å². The fourth-order valence-corrected chi connectivity index (χ4v) is 3.13. The van der Waals surface area contributed by atoms with E-state index in [0.717, 1.165) is 6.42 Å². The summed E-state index contributed by atoms with van der Waals surface area (Å²) in [6, 6.07) is 11.5. The van der Waals surface area contributed by atoms with Crippen LogP contribution in [0.25, 0.3) is 0 Å². The van der Waals surface area contributed by atoms with Gasteiger partial charge in [-0.15, -0.1) is 6.58 Å². The molecule has 0 unspecified atom stereocenters. The van der Waals surface area contributed by atoms with Crippen LogP contribution in [0.4, 0.5) is 0 Å². The van der Waals surface area contributed by atoms with E-state index in [1.54, 1.807) is 0 Å². The monoisotopic (exact) mass is 245 g/mol. The minimum absolute atomic E-state index is 0.119. The van der Waals surface area contributed by atoms with Crippen LogP contribution in [0, 0.1) is 0 Å². The molecule has 0 radical (unpaired) electrons. The first-order valence-electron chi connectivity index (χ1n) is 6.82. The fraction of sp³-hybridized carbons (Fsp3) is 0.500. The molecule has 1 saturated heterocycles. The summed E-state index contributed by atoms with van der Waals surface area (Å²) in [6.45, 7) is 6.29. The molecule has 0 saturated carbocycles. The van der Waals surface area contributed by atoms with Gasteiger partial charge in [0.25, 0.3) is 0 Å². The summed E-state index contributed by atoms with van der Waals surface area (Å²) in [5.74, 6) is 0. The van der Waals surface area contributed by atoms with Crippen molar-refractivity contribution in [3.63, 3.8) is 0 Å². The van der Waals surface area contributed by atoms with E-state index in [9.17, 15) is 5.11 Å². The molecule has 0 bridgehead atoms. The average Bonchev–Trinajstić information content (AvgIpc) is 2.75. The number of aliphatic hydroxyl groups is 1. The van der Waals surface area contributed by atoms with Crippen molar-refractivity contribution < 1.29 is 5.11 Å². The molecular formula is C16H23NO. The molecule has 0 aliphatic carbocycles. The maximum atomic E-state index is 9.78. The lowest BCUT2D eigenvalue weighted by atomic mass is 10.0. The van der Waals surface area contributed by atoms with E-state index in [4.69, 9.17) is 0 Å². The molecular weight excluding hydrogens is 222 g/mol. The summed E-state index contributed by atoms with van der Waals surface area (Å²) >= 11 is 0. The molecule has 1 aliphatic heterocycles. The van der Waals surface area contributed by atoms with Crippen molar-refractivity contribution in [3.05, 3.63) is 48.6 Å². The first-order valence-corrected chi connectivity index (χ1v) is 6.82. The van der Waals surface area contributed by atoms with Gasteiger partial charge in [-0.25, -0.2) is 0 Å². The molecule has 2 rings (SSSR count). The van der Waals surface area contributed by atoms with Gasteiger partial charge >= 0.3 is 0 Å². The highest BCUT2D eigenvalue weighted by Crippen LogP contribution is 2.34. The summed E-state index contributed by atoms with van der Waals surface area (Å²) in [5, 5.41) is 9.78. The molecule has 2 heteroatoms. The lowest BCUT2D eigenvalue weighted by Gasteiger charge is -2.35. The highest BCUT2D eigenvalue weighted by molar-refractivity contribution is 5.20. The van der Waals surface area contributed by atoms with Crippen molar-refractivity contribution in [2.45, 2.75) is 44.3 Å². The topological polar surface area (TPSA) is 23.5 Å². The summed E-state index contributed by atoms with van der Waals surface area (Å²) < 4.78 is 0. The largest absolute Gasteiger partial charge is 0.394 e. The van der Waals surface area contributed by atoms with Gasteiger partial charge in [0.15, 0.2) is 0 Å². The van der Waals surface area contributed by atoms with Gasteiger partial charge in [0.1, 0.15) is 0 Å². The second kappa shape index (κ2) is 6.17. The molecule has 0 amide bonds. The molecule has 2 nitrogen and oxygen atoms in total. The van der Waals surface area contributed by atoms with Crippen molar-refractivity contribution in [2.75, 3.05) is 6.61 Å². The minimum Gasteiger partial charge on any atom is -0.394 e. The summed E-state index contributed by atoms with van der Waals surface area (Å²) in [4.78, 5) is 2.47. The molecule has 1 aromatic carbocycles. The molecule has 1 aromatic rings. The van der Waals surface area contributed by atoms with Crippen LogP contribution >= 0.6 is 0 Å². The second-order valence-corrected chi connectivity index (χ2v) is 5.16. The Kier molecular flexibility index (Phi) is 4.56. The molecule has 98 valence electrons. The van der Waals surface area contributed by atoms with Gasteiger partial charge in [0, 0.05) is 12.1 Å². The third kappa shape index (κ3) is 2.65. The first-order chi connectivity index (χ1) is 8.77. The van der Waals surface area contributed by atoms with Gasteiger partial charge in [0.2, 0.25) is 0 Å². The van der Waals surface area contributed by atoms with Crippen molar-refractivity contribution >= 4 is 0 Å². The lowest BCUT2D eigenvalue weighted by Crippen LogP contribution is -2.39. The lowest BCUT2D eigenvalue weighted by molar-refractivity contribution is 0.0837. The van der Waals surface area contributed by atoms with Crippen molar-refractivity contribution in [1.29, 1.82) is 0 Å². The third-order valence-corrected chi connectivity index (χ3v) is 4.00. The normalized spacial score (nSPS) is 26.1. The zero-order chi connectivity index (χ0) is 13.0. The third-order valence-electron chi connectivity index (χ3n) is 4.00. The van der Waals surface area contributed by atoms with Gasteiger partial charge in [-0.05, 0) is 31.7 Å². The van der Waals surface area contributed by atoms with Crippen LogP contribution in [0.3, 0.4) is 0 Å². The SMILES string of the molecule is C=CC[C@@H]1CC[C@H](C)N1[C@H](CO)c1ccccc1. The molecule has 1 N–H and O–H groups in total. The summed E-state index contributed by atoms with van der Waals surface area (Å²) in [5.41, 5.74) is 1.21. The molecule has 0 aromatic heterocycles. The Balaban J connectivity index is 2.22. The van der Waals surface area contributed by atoms with Crippen LogP contribution in [-0.2, 0) is 0 Å². The van der Waals surface area contributed by atoms with E-state index in [1.807, 2.05) is 24.3 Å². The summed E-state index contributed by atoms with van der Waals surface area (Å²) in [6.07, 6.45) is 5.42. The molecule has 1 heterocycles. The molecule has 0 spiro atoms. The predicted molar refractivity (Wildman–Crippen MR) is 75.4 cm³/mol. The van der Waals surface area contributed by atoms with Gasteiger partial charge in [-0.2, -0.15) is 0 Å². The minimum atomic E-state index is 0.119. The van der Waals surface area contributed by atoms with Gasteiger partial charge in [-0.1, -0.05) is 36.4 Å². The van der Waals surface area contributed by atoms with Crippen LogP contribution in [0.15, 0.2) is 43.0 Å². The van der Waals surface area contributed by atoms with Crippen LogP contribution in [0.5, 0.6) is 0 Å². The highest BCUT2D eigenvalue weighted by Gasteiger charge is 2.35. The number of nitrogens with zero attached hydrogens (tertiary/aromatic N) is 1. The van der Waals surface area contributed by atoms with Crippen LogP contribution in [-0.4, -0.2) is 28.7 Å². The van der Waals surface area contributed by atoms with E-state index in [1.165, 1.54) is 18.4 Å². The van der Waals surface area contributed by atoms with Crippen LogP contribution in [0.2, 0.25) is 0 Å². The highest BCUT2D eigenvalue weighted by atomic mass is 16.3. The van der Waals surface area contributed by atoms with Gasteiger partial charge in [-0.3, -0.25) is 4.90 Å². The van der Waals surface area contributed by atoms with E-state index in [0.29, 0.717) is 12.1 Å². The smallest absolute Gasteiger partial charge is 0.0628 e. The Morgan fingerprint density at radius 2 is 2.11 bits per heavy atom. The maximum absolute atomic E-state index is 9.78. The predicted octanol–water partition coefficient (Wildman–Crippen LogP) is 3.15. The quantitative estimate of drug-likeness (QED) is 0.806. The Morgan fingerprint density at radius 3 is 2.72 bits per heavy atom. The van der Waals surface area contributed by atoms with E-state index < -0.39 is 0 Å². The Hall–Kier alpha value is -1.12. The number of likely N-dealkylation sites (tertiary alicyclic amines) is 1. The van der Waals surface area contributed by atoms with Crippen molar-refractivity contribution in [2.24, 2.45) is 0 Å². The Morgan fingerprint density at radius 1 is 1.39 bits per heavy atom. The van der Waals surface area contributed by atoms with Crippen molar-refractivity contribution in [1.82, 2.24) is 4.90 Å². The molecule has 3 atom stereocenters.